The minimum Gasteiger partial charge on any atom is -0.295 e. The van der Waals surface area contributed by atoms with Crippen LogP contribution in [0, 0.1) is 54.3 Å². The second-order valence-electron chi connectivity index (χ2n) is 7.24. The Kier molecular flexibility index (Phi) is 5.90. The maximum atomic E-state index is 12.9. The monoisotopic (exact) mass is 474 g/mol. The molecule has 1 saturated heterocycles. The molecule has 34 heavy (non-hydrogen) atoms. The van der Waals surface area contributed by atoms with E-state index in [0.29, 0.717) is 12.1 Å². The van der Waals surface area contributed by atoms with Crippen LogP contribution in [0.3, 0.4) is 0 Å². The first-order valence-electron chi connectivity index (χ1n) is 9.31. The molecular formula is C18H14N6O10. The van der Waals surface area contributed by atoms with E-state index in [1.54, 1.807) is 0 Å². The average Bonchev–Trinajstić information content (AvgIpc) is 2.73. The van der Waals surface area contributed by atoms with Gasteiger partial charge in [0.05, 0.1) is 31.8 Å². The average molecular weight is 474 g/mol. The zero-order chi connectivity index (χ0) is 25.5. The molecule has 1 fully saturated rings. The van der Waals surface area contributed by atoms with Crippen LogP contribution >= 0.6 is 0 Å². The molecule has 16 heteroatoms. The van der Waals surface area contributed by atoms with Crippen molar-refractivity contribution in [1.82, 2.24) is 0 Å². The van der Waals surface area contributed by atoms with E-state index in [9.17, 15) is 50.0 Å². The number of nitro groups is 4. The molecule has 16 nitrogen and oxygen atoms in total. The van der Waals surface area contributed by atoms with E-state index in [1.807, 2.05) is 0 Å². The molecule has 2 amide bonds. The lowest BCUT2D eigenvalue weighted by atomic mass is 10.1. The summed E-state index contributed by atoms with van der Waals surface area (Å²) in [7, 11) is 0. The van der Waals surface area contributed by atoms with Gasteiger partial charge in [-0.2, -0.15) is 0 Å². The molecule has 0 unspecified atom stereocenters. The summed E-state index contributed by atoms with van der Waals surface area (Å²) in [5, 5.41) is 45.2. The standard InChI is InChI=1S/C18H14N6O10/c1-9-3-13(15(23(31)32)5-11(9)21(27)28)19-7-18(26)20(8-17(19)25)14-4-10(2)12(22(29)30)6-16(14)24(33)34/h3-6H,7-8H2,1-2H3. The van der Waals surface area contributed by atoms with Gasteiger partial charge in [0.2, 0.25) is 11.8 Å². The number of carbonyl (C=O) groups excluding carboxylic acids is 2. The normalized spacial score (nSPS) is 13.7. The highest BCUT2D eigenvalue weighted by atomic mass is 16.6. The van der Waals surface area contributed by atoms with Crippen LogP contribution in [0.4, 0.5) is 34.1 Å². The number of hydrogen-bond donors (Lipinski definition) is 0. The van der Waals surface area contributed by atoms with Crippen molar-refractivity contribution in [2.24, 2.45) is 0 Å². The van der Waals surface area contributed by atoms with Crippen molar-refractivity contribution in [1.29, 1.82) is 0 Å². The molecule has 0 aromatic heterocycles. The summed E-state index contributed by atoms with van der Waals surface area (Å²) in [6.07, 6.45) is 0. The summed E-state index contributed by atoms with van der Waals surface area (Å²) >= 11 is 0. The largest absolute Gasteiger partial charge is 0.299 e. The Hall–Kier alpha value is -5.02. The number of piperazine rings is 1. The van der Waals surface area contributed by atoms with Crippen LogP contribution < -0.4 is 9.80 Å². The van der Waals surface area contributed by atoms with Gasteiger partial charge < -0.3 is 0 Å². The first-order valence-corrected chi connectivity index (χ1v) is 9.31. The van der Waals surface area contributed by atoms with E-state index in [1.165, 1.54) is 13.8 Å². The molecule has 1 aliphatic heterocycles. The lowest BCUT2D eigenvalue weighted by molar-refractivity contribution is -0.394. The van der Waals surface area contributed by atoms with E-state index in [2.05, 4.69) is 0 Å². The van der Waals surface area contributed by atoms with Crippen LogP contribution in [0.15, 0.2) is 24.3 Å². The van der Waals surface area contributed by atoms with Crippen molar-refractivity contribution in [3.63, 3.8) is 0 Å². The number of hydrogen-bond acceptors (Lipinski definition) is 10. The first kappa shape index (κ1) is 23.6. The van der Waals surface area contributed by atoms with E-state index in [-0.39, 0.29) is 22.5 Å². The van der Waals surface area contributed by atoms with Crippen LogP contribution in [-0.4, -0.2) is 44.6 Å². The molecule has 0 N–H and O–H groups in total. The minimum atomic E-state index is -0.934. The van der Waals surface area contributed by atoms with Crippen LogP contribution in [0.1, 0.15) is 11.1 Å². The second kappa shape index (κ2) is 8.49. The van der Waals surface area contributed by atoms with Gasteiger partial charge in [-0.05, 0) is 26.0 Å². The van der Waals surface area contributed by atoms with E-state index < -0.39 is 67.3 Å². The van der Waals surface area contributed by atoms with Crippen LogP contribution in [0.2, 0.25) is 0 Å². The summed E-state index contributed by atoms with van der Waals surface area (Å²) in [6, 6.07) is 3.43. The van der Waals surface area contributed by atoms with Gasteiger partial charge in [-0.1, -0.05) is 0 Å². The molecular weight excluding hydrogens is 460 g/mol. The molecule has 176 valence electrons. The van der Waals surface area contributed by atoms with Gasteiger partial charge in [0.15, 0.2) is 0 Å². The maximum absolute atomic E-state index is 12.9. The second-order valence-corrected chi connectivity index (χ2v) is 7.24. The Morgan fingerprint density at radius 3 is 1.15 bits per heavy atom. The Balaban J connectivity index is 2.06. The van der Waals surface area contributed by atoms with Gasteiger partial charge in [0.1, 0.15) is 24.5 Å². The summed E-state index contributed by atoms with van der Waals surface area (Å²) in [4.78, 5) is 69.0. The Bertz CT molecular complexity index is 1210. The molecule has 0 atom stereocenters. The summed E-state index contributed by atoms with van der Waals surface area (Å²) in [6.45, 7) is 1.09. The van der Waals surface area contributed by atoms with Crippen molar-refractivity contribution in [3.8, 4) is 0 Å². The highest BCUT2D eigenvalue weighted by Crippen LogP contribution is 2.38. The molecule has 2 aromatic rings. The third-order valence-corrected chi connectivity index (χ3v) is 5.14. The van der Waals surface area contributed by atoms with E-state index >= 15 is 0 Å². The molecule has 0 spiro atoms. The van der Waals surface area contributed by atoms with Crippen LogP contribution in [0.5, 0.6) is 0 Å². The van der Waals surface area contributed by atoms with Crippen molar-refractivity contribution in [2.75, 3.05) is 22.9 Å². The smallest absolute Gasteiger partial charge is 0.295 e. The number of nitrogens with zero attached hydrogens (tertiary/aromatic N) is 6. The maximum Gasteiger partial charge on any atom is 0.299 e. The molecule has 0 aliphatic carbocycles. The van der Waals surface area contributed by atoms with Crippen molar-refractivity contribution in [2.45, 2.75) is 13.8 Å². The number of aryl methyl sites for hydroxylation is 2. The van der Waals surface area contributed by atoms with Gasteiger partial charge in [-0.15, -0.1) is 0 Å². The molecule has 0 saturated carbocycles. The van der Waals surface area contributed by atoms with Crippen molar-refractivity contribution in [3.05, 3.63) is 75.8 Å². The van der Waals surface area contributed by atoms with E-state index in [0.717, 1.165) is 21.9 Å². The molecule has 1 aliphatic rings. The number of anilines is 2. The molecule has 0 radical (unpaired) electrons. The summed E-state index contributed by atoms with van der Waals surface area (Å²) in [5.74, 6) is -1.72. The Morgan fingerprint density at radius 2 is 0.882 bits per heavy atom. The number of amides is 2. The third-order valence-electron chi connectivity index (χ3n) is 5.14. The number of carbonyl (C=O) groups is 2. The SMILES string of the molecule is Cc1cc(N2CC(=O)N(c3cc(C)c([N+](=O)[O-])cc3[N+](=O)[O-])CC2=O)c([N+](=O)[O-])cc1[N+](=O)[O-]. The Morgan fingerprint density at radius 1 is 0.588 bits per heavy atom. The lowest BCUT2D eigenvalue weighted by Crippen LogP contribution is -2.54. The predicted octanol–water partition coefficient (Wildman–Crippen LogP) is 2.32. The topological polar surface area (TPSA) is 213 Å². The zero-order valence-electron chi connectivity index (χ0n) is 17.5. The molecule has 0 bridgehead atoms. The summed E-state index contributed by atoms with van der Waals surface area (Å²) < 4.78 is 0. The minimum absolute atomic E-state index is 0.00918. The van der Waals surface area contributed by atoms with Gasteiger partial charge in [-0.25, -0.2) is 0 Å². The first-order chi connectivity index (χ1) is 15.8. The molecule has 3 rings (SSSR count). The zero-order valence-corrected chi connectivity index (χ0v) is 17.5. The molecule has 1 heterocycles. The van der Waals surface area contributed by atoms with Crippen LogP contribution in [-0.2, 0) is 9.59 Å². The van der Waals surface area contributed by atoms with Gasteiger partial charge in [0, 0.05) is 11.1 Å². The van der Waals surface area contributed by atoms with Crippen molar-refractivity contribution < 1.29 is 29.3 Å². The fourth-order valence-corrected chi connectivity index (χ4v) is 3.52. The third kappa shape index (κ3) is 4.06. The fraction of sp³-hybridized carbons (Fsp3) is 0.222. The number of rotatable bonds is 6. The quantitative estimate of drug-likeness (QED) is 0.440. The fourth-order valence-electron chi connectivity index (χ4n) is 3.52. The van der Waals surface area contributed by atoms with Crippen molar-refractivity contribution >= 4 is 45.9 Å². The molecule has 2 aromatic carbocycles. The van der Waals surface area contributed by atoms with Gasteiger partial charge in [-0.3, -0.25) is 59.8 Å². The van der Waals surface area contributed by atoms with E-state index in [4.69, 9.17) is 0 Å². The predicted molar refractivity (Wildman–Crippen MR) is 114 cm³/mol. The number of benzene rings is 2. The van der Waals surface area contributed by atoms with Gasteiger partial charge in [0.25, 0.3) is 22.7 Å². The lowest BCUT2D eigenvalue weighted by Gasteiger charge is -2.33. The highest BCUT2D eigenvalue weighted by Gasteiger charge is 2.39. The van der Waals surface area contributed by atoms with Gasteiger partial charge >= 0.3 is 0 Å². The number of nitro benzene ring substituents is 4. The van der Waals surface area contributed by atoms with Crippen LogP contribution in [0.25, 0.3) is 0 Å². The summed E-state index contributed by atoms with van der Waals surface area (Å²) in [5.41, 5.74) is -3.33. The Labute approximate surface area is 188 Å². The highest BCUT2D eigenvalue weighted by molar-refractivity contribution is 6.14.